The van der Waals surface area contributed by atoms with E-state index in [0.29, 0.717) is 25.6 Å². The van der Waals surface area contributed by atoms with Crippen molar-refractivity contribution in [1.82, 2.24) is 9.55 Å². The highest BCUT2D eigenvalue weighted by Gasteiger charge is 2.31. The molecule has 0 saturated heterocycles. The Morgan fingerprint density at radius 1 is 1.47 bits per heavy atom. The first kappa shape index (κ1) is 16.0. The fraction of sp³-hybridized carbons (Fsp3) is 0.750. The van der Waals surface area contributed by atoms with E-state index in [0.717, 1.165) is 5.69 Å². The van der Waals surface area contributed by atoms with Crippen LogP contribution in [0.5, 0.6) is 0 Å². The third-order valence-electron chi connectivity index (χ3n) is 3.04. The minimum absolute atomic E-state index is 0.363. The van der Waals surface area contributed by atoms with Crippen LogP contribution in [0, 0.1) is 6.92 Å². The molecule has 0 bridgehead atoms. The molecule has 0 atom stereocenters. The molecule has 19 heavy (non-hydrogen) atoms. The summed E-state index contributed by atoms with van der Waals surface area (Å²) in [5, 5.41) is 3.14. The second-order valence-electron chi connectivity index (χ2n) is 5.29. The highest BCUT2D eigenvalue weighted by atomic mass is 32.2. The summed E-state index contributed by atoms with van der Waals surface area (Å²) in [6.07, 6.45) is 3.11. The normalized spacial score (nSPS) is 12.7. The molecule has 0 aromatic carbocycles. The third kappa shape index (κ3) is 4.21. The molecule has 1 aromatic heterocycles. The number of aromatic nitrogens is 2. The van der Waals surface area contributed by atoms with E-state index in [9.17, 15) is 8.42 Å². The molecule has 0 saturated carbocycles. The molecule has 0 aliphatic rings. The van der Waals surface area contributed by atoms with Gasteiger partial charge in [0.2, 0.25) is 5.95 Å². The number of sulfone groups is 1. The predicted octanol–water partition coefficient (Wildman–Crippen LogP) is 1.07. The number of aryl methyl sites for hydroxylation is 1. The Labute approximate surface area is 115 Å². The van der Waals surface area contributed by atoms with E-state index in [-0.39, 0.29) is 0 Å². The average molecular weight is 289 g/mol. The Morgan fingerprint density at radius 2 is 2.11 bits per heavy atom. The van der Waals surface area contributed by atoms with Crippen molar-refractivity contribution in [3.05, 3.63) is 11.9 Å². The molecule has 1 N–H and O–H groups in total. The van der Waals surface area contributed by atoms with E-state index in [4.69, 9.17) is 4.74 Å². The lowest BCUT2D eigenvalue weighted by atomic mass is 10.2. The maximum absolute atomic E-state index is 11.8. The van der Waals surface area contributed by atoms with Gasteiger partial charge in [0.25, 0.3) is 0 Å². The van der Waals surface area contributed by atoms with Crippen molar-refractivity contribution in [1.29, 1.82) is 0 Å². The van der Waals surface area contributed by atoms with Crippen LogP contribution >= 0.6 is 0 Å². The van der Waals surface area contributed by atoms with Gasteiger partial charge in [-0.1, -0.05) is 0 Å². The van der Waals surface area contributed by atoms with Gasteiger partial charge in [-0.15, -0.1) is 0 Å². The SMILES string of the molecule is COCCNc1nc(C)cn1CC(C)(C)S(C)(=O)=O. The monoisotopic (exact) mass is 289 g/mol. The molecule has 0 fully saturated rings. The van der Waals surface area contributed by atoms with E-state index < -0.39 is 14.6 Å². The Kier molecular flexibility index (Phi) is 4.98. The Morgan fingerprint density at radius 3 is 2.63 bits per heavy atom. The van der Waals surface area contributed by atoms with Crippen molar-refractivity contribution >= 4 is 15.8 Å². The van der Waals surface area contributed by atoms with Crippen molar-refractivity contribution in [3.8, 4) is 0 Å². The topological polar surface area (TPSA) is 73.2 Å². The summed E-state index contributed by atoms with van der Waals surface area (Å²) in [5.41, 5.74) is 0.851. The lowest BCUT2D eigenvalue weighted by molar-refractivity contribution is 0.210. The molecule has 0 aliphatic carbocycles. The summed E-state index contributed by atoms with van der Waals surface area (Å²) in [7, 11) is -1.50. The van der Waals surface area contributed by atoms with E-state index in [2.05, 4.69) is 10.3 Å². The number of rotatable bonds is 7. The molecule has 0 unspecified atom stereocenters. The molecule has 1 rings (SSSR count). The molecular formula is C12H23N3O3S. The van der Waals surface area contributed by atoms with Crippen molar-refractivity contribution in [2.45, 2.75) is 32.1 Å². The van der Waals surface area contributed by atoms with Crippen LogP contribution in [-0.2, 0) is 21.1 Å². The van der Waals surface area contributed by atoms with Crippen LogP contribution in [0.1, 0.15) is 19.5 Å². The number of hydrogen-bond donors (Lipinski definition) is 1. The summed E-state index contributed by atoms with van der Waals surface area (Å²) in [6, 6.07) is 0. The number of nitrogens with one attached hydrogen (secondary N) is 1. The fourth-order valence-electron chi connectivity index (χ4n) is 1.60. The van der Waals surface area contributed by atoms with Crippen molar-refractivity contribution in [3.63, 3.8) is 0 Å². The van der Waals surface area contributed by atoms with E-state index in [1.807, 2.05) is 17.7 Å². The van der Waals surface area contributed by atoms with Gasteiger partial charge in [0, 0.05) is 32.7 Å². The molecular weight excluding hydrogens is 266 g/mol. The third-order valence-corrected chi connectivity index (χ3v) is 5.18. The van der Waals surface area contributed by atoms with Crippen LogP contribution in [0.2, 0.25) is 0 Å². The quantitative estimate of drug-likeness (QED) is 0.760. The van der Waals surface area contributed by atoms with Gasteiger partial charge in [0.05, 0.1) is 17.0 Å². The van der Waals surface area contributed by atoms with Crippen molar-refractivity contribution in [2.24, 2.45) is 0 Å². The van der Waals surface area contributed by atoms with Crippen LogP contribution < -0.4 is 5.32 Å². The number of imidazole rings is 1. The van der Waals surface area contributed by atoms with Crippen LogP contribution in [0.3, 0.4) is 0 Å². The summed E-state index contributed by atoms with van der Waals surface area (Å²) in [4.78, 5) is 4.35. The molecule has 1 aromatic rings. The fourth-order valence-corrected chi connectivity index (χ4v) is 1.97. The summed E-state index contributed by atoms with van der Waals surface area (Å²) in [5.74, 6) is 0.672. The first-order chi connectivity index (χ1) is 8.67. The zero-order chi connectivity index (χ0) is 14.7. The summed E-state index contributed by atoms with van der Waals surface area (Å²) < 4.78 is 29.5. The zero-order valence-electron chi connectivity index (χ0n) is 12.2. The van der Waals surface area contributed by atoms with E-state index >= 15 is 0 Å². The highest BCUT2D eigenvalue weighted by Crippen LogP contribution is 2.20. The lowest BCUT2D eigenvalue weighted by Gasteiger charge is -2.24. The molecule has 0 radical (unpaired) electrons. The highest BCUT2D eigenvalue weighted by molar-refractivity contribution is 7.92. The van der Waals surface area contributed by atoms with Crippen LogP contribution in [0.4, 0.5) is 5.95 Å². The van der Waals surface area contributed by atoms with Crippen LogP contribution in [-0.4, -0.2) is 49.2 Å². The average Bonchev–Trinajstić information content (AvgIpc) is 2.57. The maximum Gasteiger partial charge on any atom is 0.203 e. The number of methoxy groups -OCH3 is 1. The van der Waals surface area contributed by atoms with Gasteiger partial charge in [0.15, 0.2) is 9.84 Å². The summed E-state index contributed by atoms with van der Waals surface area (Å²) in [6.45, 7) is 6.88. The van der Waals surface area contributed by atoms with E-state index in [1.54, 1.807) is 21.0 Å². The van der Waals surface area contributed by atoms with Gasteiger partial charge in [-0.25, -0.2) is 13.4 Å². The Balaban J connectivity index is 2.89. The van der Waals surface area contributed by atoms with Crippen molar-refractivity contribution in [2.75, 3.05) is 31.8 Å². The smallest absolute Gasteiger partial charge is 0.203 e. The lowest BCUT2D eigenvalue weighted by Crippen LogP contribution is -2.36. The van der Waals surface area contributed by atoms with Gasteiger partial charge in [0.1, 0.15) is 0 Å². The standard InChI is InChI=1S/C12H23N3O3S/c1-10-8-15(9-12(2,3)19(5,16)17)11(14-10)13-6-7-18-4/h8H,6-7,9H2,1-5H3,(H,13,14). The second kappa shape index (κ2) is 5.92. The Bertz CT molecular complexity index is 520. The van der Waals surface area contributed by atoms with Crippen LogP contribution in [0.25, 0.3) is 0 Å². The van der Waals surface area contributed by atoms with Crippen LogP contribution in [0.15, 0.2) is 6.20 Å². The number of anilines is 1. The molecule has 7 heteroatoms. The van der Waals surface area contributed by atoms with Gasteiger partial charge in [-0.3, -0.25) is 0 Å². The Hall–Kier alpha value is -1.08. The minimum Gasteiger partial charge on any atom is -0.383 e. The molecule has 0 spiro atoms. The summed E-state index contributed by atoms with van der Waals surface area (Å²) >= 11 is 0. The molecule has 1 heterocycles. The second-order valence-corrected chi connectivity index (χ2v) is 7.93. The van der Waals surface area contributed by atoms with Gasteiger partial charge in [-0.05, 0) is 20.8 Å². The first-order valence-electron chi connectivity index (χ1n) is 6.13. The molecule has 6 nitrogen and oxygen atoms in total. The number of nitrogens with zero attached hydrogens (tertiary/aromatic N) is 2. The van der Waals surface area contributed by atoms with E-state index in [1.165, 1.54) is 6.26 Å². The number of hydrogen-bond acceptors (Lipinski definition) is 5. The maximum atomic E-state index is 11.8. The largest absolute Gasteiger partial charge is 0.383 e. The molecule has 0 aliphatic heterocycles. The zero-order valence-corrected chi connectivity index (χ0v) is 13.0. The van der Waals surface area contributed by atoms with Gasteiger partial charge < -0.3 is 14.6 Å². The number of ether oxygens (including phenoxy) is 1. The van der Waals surface area contributed by atoms with Crippen molar-refractivity contribution < 1.29 is 13.2 Å². The predicted molar refractivity (Wildman–Crippen MR) is 76.3 cm³/mol. The first-order valence-corrected chi connectivity index (χ1v) is 8.03. The van der Waals surface area contributed by atoms with Gasteiger partial charge in [-0.2, -0.15) is 0 Å². The van der Waals surface area contributed by atoms with Gasteiger partial charge >= 0.3 is 0 Å². The minimum atomic E-state index is -3.13. The molecule has 0 amide bonds. The molecule has 110 valence electrons.